The van der Waals surface area contributed by atoms with Gasteiger partial charge in [0.15, 0.2) is 23.3 Å². The molecule has 2 saturated heterocycles. The fraction of sp³-hybridized carbons (Fsp3) is 0.423. The predicted molar refractivity (Wildman–Crippen MR) is 414 cm³/mol. The summed E-state index contributed by atoms with van der Waals surface area (Å²) in [6.45, 7) is 17.2. The number of nitrogens with one attached hydrogen (secondary N) is 5. The Balaban J connectivity index is 0.000000149. The summed E-state index contributed by atoms with van der Waals surface area (Å²) < 4.78 is 33.3. The van der Waals surface area contributed by atoms with E-state index in [4.69, 9.17) is 17.3 Å². The standard InChI is InChI=1S/C23H30FN9.C13H20ClFN4.C10H9N5O2.C10H11N5.C9H8N2O4.C6H3BrN2O4.H2/c1-22(2)10-17(11-23(3,4)30-22)27-20-19(24)12-25-21(29-20)28-16-7-15(14-5-6-14)8-18(9-16)33-13-26-31-32-33;1-12(2)5-8(6-13(3,4)19-12)17-10-9(15)7-16-11(14)18-10;16-15(17)10-4-8(7-1-2-7)3-9(5-10)14-6-11-12-13-14;11-9-3-8(7-1-2-7)4-10(5-9)15-6-12-13-14-15;12-10(13)8-3-7(6-1-2-6)4-9(5-8)11(14)15;7-4-1-5(8(10)11)3-6(2-4)9(12)13;/h7-9,12-14,17,30H,5-6,10-11H2,1-4H3,(H2,25,27,28,29);7-8,19H,5-6H2,1-4H3,(H,16,17,18);3-7H,1-2H2;3-7H,1-2,11H2;3-6H,1-2H2;1-3H;1H. The molecule has 37 nitrogen and oxygen atoms in total. The number of tetrazole rings is 3. The number of rotatable bonds is 18. The first-order chi connectivity index (χ1) is 53.0. The van der Waals surface area contributed by atoms with Crippen molar-refractivity contribution in [3.05, 3.63) is 217 Å². The van der Waals surface area contributed by atoms with Crippen LogP contribution in [0.2, 0.25) is 5.28 Å². The van der Waals surface area contributed by atoms with Gasteiger partial charge in [-0.05, 0) is 264 Å². The van der Waals surface area contributed by atoms with E-state index in [1.165, 1.54) is 84.3 Å². The molecule has 0 amide bonds. The monoisotopic (exact) mass is 1630 g/mol. The lowest BCUT2D eigenvalue weighted by Gasteiger charge is -2.46. The summed E-state index contributed by atoms with van der Waals surface area (Å²) in [5.74, 6) is 1.73. The van der Waals surface area contributed by atoms with E-state index in [0.717, 1.165) is 98.0 Å². The number of halogens is 4. The zero-order valence-corrected chi connectivity index (χ0v) is 64.4. The number of nitrogen functional groups attached to an aromatic ring is 1. The van der Waals surface area contributed by atoms with Crippen molar-refractivity contribution in [2.45, 2.75) is 190 Å². The maximum atomic E-state index is 14.6. The molecule has 0 spiro atoms. The third-order valence-electron chi connectivity index (χ3n) is 18.5. The van der Waals surface area contributed by atoms with Gasteiger partial charge in [0, 0.05) is 87.9 Å². The Morgan fingerprint density at radius 2 is 0.812 bits per heavy atom. The van der Waals surface area contributed by atoms with Crippen LogP contribution in [-0.4, -0.2) is 139 Å². The van der Waals surface area contributed by atoms with E-state index in [-0.39, 0.29) is 91.9 Å². The quantitative estimate of drug-likeness (QED) is 0.0201. The summed E-state index contributed by atoms with van der Waals surface area (Å²) in [5, 5.41) is 103. The first-order valence-electron chi connectivity index (χ1n) is 35.6. The molecule has 5 aromatic carbocycles. The predicted octanol–water partition coefficient (Wildman–Crippen LogP) is 14.4. The van der Waals surface area contributed by atoms with Crippen LogP contribution in [0.15, 0.2) is 127 Å². The number of non-ortho nitro benzene ring substituents is 5. The molecule has 112 heavy (non-hydrogen) atoms. The molecule has 7 heterocycles. The second-order valence-electron chi connectivity index (χ2n) is 30.7. The van der Waals surface area contributed by atoms with Crippen LogP contribution in [0.1, 0.15) is 180 Å². The van der Waals surface area contributed by atoms with E-state index in [2.05, 4.69) is 183 Å². The smallest absolute Gasteiger partial charge is 0.277 e. The molecule has 6 aliphatic rings. The molecule has 0 bridgehead atoms. The number of benzene rings is 5. The van der Waals surface area contributed by atoms with Crippen LogP contribution in [0.25, 0.3) is 17.1 Å². The fourth-order valence-corrected chi connectivity index (χ4v) is 14.5. The molecule has 6 fully saturated rings. The number of nitrogens with zero attached hydrogens (tertiary/aromatic N) is 21. The van der Waals surface area contributed by atoms with E-state index in [0.29, 0.717) is 39.4 Å². The SMILES string of the molecule is CC1(C)CC(Nc2nc(Cl)ncc2F)CC(C)(C)N1.CC1(C)CC(Nc2nc(Nc3cc(C4CC4)cc(-n4cnnn4)c3)ncc2F)CC(C)(C)N1.Nc1cc(C2CC2)cc(-n2cnnn2)c1.O=[N+]([O-])c1cc(Br)cc([N+](=O)[O-])c1.O=[N+]([O-])c1cc(C2CC2)cc(-n2cnnn2)c1.O=[N+]([O-])c1cc(C2CC2)cc([N+](=O)[O-])c1.[HH]. The van der Waals surface area contributed by atoms with Crippen molar-refractivity contribution in [2.75, 3.05) is 21.7 Å². The van der Waals surface area contributed by atoms with Crippen LogP contribution in [0.5, 0.6) is 0 Å². The van der Waals surface area contributed by atoms with E-state index < -0.39 is 31.3 Å². The Morgan fingerprint density at radius 1 is 0.473 bits per heavy atom. The van der Waals surface area contributed by atoms with Crippen LogP contribution < -0.4 is 32.3 Å². The number of hydrogen-bond donors (Lipinski definition) is 6. The van der Waals surface area contributed by atoms with Crippen molar-refractivity contribution in [1.82, 2.24) is 91.2 Å². The summed E-state index contributed by atoms with van der Waals surface area (Å²) in [6.07, 6.45) is 19.3. The molecule has 0 unspecified atom stereocenters. The van der Waals surface area contributed by atoms with Crippen LogP contribution >= 0.6 is 27.5 Å². The Labute approximate surface area is 653 Å². The van der Waals surface area contributed by atoms with Crippen molar-refractivity contribution in [3.8, 4) is 17.1 Å². The largest absolute Gasteiger partial charge is 0.399 e. The number of anilines is 5. The highest BCUT2D eigenvalue weighted by atomic mass is 79.9. The van der Waals surface area contributed by atoms with Gasteiger partial charge in [-0.3, -0.25) is 50.6 Å². The summed E-state index contributed by atoms with van der Waals surface area (Å²) >= 11 is 8.65. The van der Waals surface area contributed by atoms with Gasteiger partial charge in [0.05, 0.1) is 66.2 Å². The van der Waals surface area contributed by atoms with Gasteiger partial charge in [0.1, 0.15) is 19.0 Å². The second-order valence-corrected chi connectivity index (χ2v) is 31.9. The van der Waals surface area contributed by atoms with Crippen molar-refractivity contribution < 1.29 is 34.8 Å². The molecule has 5 aromatic heterocycles. The highest BCUT2D eigenvalue weighted by molar-refractivity contribution is 9.10. The third-order valence-corrected chi connectivity index (χ3v) is 19.1. The second kappa shape index (κ2) is 34.2. The summed E-state index contributed by atoms with van der Waals surface area (Å²) in [5.41, 5.74) is 13.0. The first kappa shape index (κ1) is 81.2. The molecule has 16 rings (SSSR count). The van der Waals surface area contributed by atoms with Gasteiger partial charge in [-0.15, -0.1) is 15.3 Å². The third kappa shape index (κ3) is 23.4. The normalized spacial score (nSPS) is 17.1. The van der Waals surface area contributed by atoms with E-state index in [1.54, 1.807) is 28.1 Å². The molecule has 4 aliphatic carbocycles. The number of nitro benzene ring substituents is 5. The minimum atomic E-state index is -0.683. The molecular weight excluding hydrogens is 1540 g/mol. The first-order valence-corrected chi connectivity index (χ1v) is 36.8. The maximum Gasteiger partial charge on any atom is 0.277 e. The molecule has 2 aliphatic heterocycles. The average molecular weight is 1630 g/mol. The number of nitro groups is 5. The molecule has 590 valence electrons. The van der Waals surface area contributed by atoms with Gasteiger partial charge in [0.2, 0.25) is 11.2 Å². The number of nitrogens with two attached hydrogens (primary N) is 1. The van der Waals surface area contributed by atoms with Gasteiger partial charge >= 0.3 is 0 Å². The van der Waals surface area contributed by atoms with Crippen molar-refractivity contribution >= 4 is 84.9 Å². The van der Waals surface area contributed by atoms with Crippen LogP contribution in [0, 0.1) is 62.2 Å². The highest BCUT2D eigenvalue weighted by Gasteiger charge is 2.40. The van der Waals surface area contributed by atoms with Crippen LogP contribution in [0.4, 0.5) is 66.2 Å². The van der Waals surface area contributed by atoms with E-state index in [1.807, 2.05) is 24.3 Å². The van der Waals surface area contributed by atoms with Crippen molar-refractivity contribution in [1.29, 1.82) is 0 Å². The van der Waals surface area contributed by atoms with E-state index in [9.17, 15) is 59.4 Å². The summed E-state index contributed by atoms with van der Waals surface area (Å²) in [4.78, 5) is 65.8. The van der Waals surface area contributed by atoms with Gasteiger partial charge in [-0.2, -0.15) is 9.97 Å². The molecule has 41 heteroatoms. The lowest BCUT2D eigenvalue weighted by Crippen LogP contribution is -2.60. The molecule has 10 aromatic rings. The molecule has 7 N–H and O–H groups in total. The molecular formula is C71H83BrClF2N27O10. The molecule has 4 saturated carbocycles. The zero-order valence-electron chi connectivity index (χ0n) is 62.1. The zero-order chi connectivity index (χ0) is 80.6. The van der Waals surface area contributed by atoms with Gasteiger partial charge < -0.3 is 32.3 Å². The fourth-order valence-electron chi connectivity index (χ4n) is 13.9. The van der Waals surface area contributed by atoms with Crippen LogP contribution in [0.3, 0.4) is 0 Å². The number of aromatic nitrogens is 16. The lowest BCUT2D eigenvalue weighted by molar-refractivity contribution is -0.394. The van der Waals surface area contributed by atoms with E-state index >= 15 is 0 Å². The number of piperidine rings is 2. The Kier molecular flexibility index (Phi) is 24.8. The summed E-state index contributed by atoms with van der Waals surface area (Å²) in [6, 6.07) is 24.5. The van der Waals surface area contributed by atoms with Gasteiger partial charge in [-0.1, -0.05) is 15.9 Å². The lowest BCUT2D eigenvalue weighted by atomic mass is 9.79. The molecule has 0 atom stereocenters. The minimum absolute atomic E-state index is 0. The Hall–Kier alpha value is -11.8. The molecule has 0 radical (unpaired) electrons. The summed E-state index contributed by atoms with van der Waals surface area (Å²) in [7, 11) is 0. The van der Waals surface area contributed by atoms with Crippen LogP contribution in [-0.2, 0) is 0 Å². The number of hydrogen-bond acceptors (Lipinski definition) is 29. The van der Waals surface area contributed by atoms with Crippen molar-refractivity contribution in [2.24, 2.45) is 0 Å². The Bertz CT molecular complexity index is 4960. The Morgan fingerprint density at radius 3 is 1.20 bits per heavy atom. The highest BCUT2D eigenvalue weighted by Crippen LogP contribution is 2.45. The van der Waals surface area contributed by atoms with Gasteiger partial charge in [-0.25, -0.2) is 32.8 Å². The minimum Gasteiger partial charge on any atom is -0.399 e. The average Bonchev–Trinajstić information content (AvgIpc) is 1.50. The van der Waals surface area contributed by atoms with Gasteiger partial charge in [0.25, 0.3) is 28.4 Å². The topological polar surface area (TPSA) is 484 Å². The maximum absolute atomic E-state index is 14.6. The van der Waals surface area contributed by atoms with Crippen molar-refractivity contribution in [3.63, 3.8) is 0 Å².